The second-order valence-electron chi connectivity index (χ2n) is 3.40. The predicted molar refractivity (Wildman–Crippen MR) is 60.2 cm³/mol. The van der Waals surface area contributed by atoms with Gasteiger partial charge in [0.15, 0.2) is 0 Å². The molecule has 0 fully saturated rings. The van der Waals surface area contributed by atoms with E-state index in [-0.39, 0.29) is 10.9 Å². The summed E-state index contributed by atoms with van der Waals surface area (Å²) in [6, 6.07) is 2.00. The van der Waals surface area contributed by atoms with E-state index in [0.29, 0.717) is 17.9 Å². The first-order chi connectivity index (χ1) is 7.63. The number of aromatic nitrogens is 1. The molecule has 0 atom stereocenters. The standard InChI is InChI=1S/C11H11F2N3/c1-2-15-11-8(14)5-16-9-4-6(12)3-7(13)10(9)11/h3-5H,2,14H2,1H3,(H,15,16). The lowest BCUT2D eigenvalue weighted by molar-refractivity contribution is 0.591. The van der Waals surface area contributed by atoms with Crippen LogP contribution in [0, 0.1) is 11.6 Å². The minimum atomic E-state index is -0.661. The number of nitrogens with one attached hydrogen (secondary N) is 1. The van der Waals surface area contributed by atoms with Crippen molar-refractivity contribution in [2.75, 3.05) is 17.6 Å². The summed E-state index contributed by atoms with van der Waals surface area (Å²) in [6.45, 7) is 2.47. The molecule has 3 N–H and O–H groups in total. The van der Waals surface area contributed by atoms with Gasteiger partial charge in [-0.15, -0.1) is 0 Å². The van der Waals surface area contributed by atoms with Gasteiger partial charge in [-0.3, -0.25) is 4.98 Å². The van der Waals surface area contributed by atoms with E-state index in [4.69, 9.17) is 5.73 Å². The molecule has 0 saturated heterocycles. The molecule has 5 heteroatoms. The molecule has 2 aromatic rings. The van der Waals surface area contributed by atoms with Gasteiger partial charge in [0.05, 0.1) is 28.5 Å². The highest BCUT2D eigenvalue weighted by molar-refractivity contribution is 5.97. The van der Waals surface area contributed by atoms with Crippen LogP contribution in [-0.4, -0.2) is 11.5 Å². The molecule has 84 valence electrons. The molecule has 16 heavy (non-hydrogen) atoms. The third-order valence-corrected chi connectivity index (χ3v) is 2.27. The number of anilines is 2. The normalized spacial score (nSPS) is 10.7. The quantitative estimate of drug-likeness (QED) is 0.822. The van der Waals surface area contributed by atoms with Gasteiger partial charge in [-0.2, -0.15) is 0 Å². The zero-order valence-electron chi connectivity index (χ0n) is 8.72. The fourth-order valence-corrected chi connectivity index (χ4v) is 1.62. The third kappa shape index (κ3) is 1.64. The maximum Gasteiger partial charge on any atom is 0.137 e. The van der Waals surface area contributed by atoms with Crippen LogP contribution >= 0.6 is 0 Å². The molecule has 0 saturated carbocycles. The number of nitrogens with two attached hydrogens (primary N) is 1. The van der Waals surface area contributed by atoms with E-state index in [9.17, 15) is 8.78 Å². The van der Waals surface area contributed by atoms with Crippen LogP contribution in [-0.2, 0) is 0 Å². The Morgan fingerprint density at radius 2 is 2.12 bits per heavy atom. The number of fused-ring (bicyclic) bond motifs is 1. The molecule has 0 spiro atoms. The van der Waals surface area contributed by atoms with Crippen molar-refractivity contribution in [3.63, 3.8) is 0 Å². The Labute approximate surface area is 91.3 Å². The molecule has 1 heterocycles. The number of halogens is 2. The van der Waals surface area contributed by atoms with Crippen molar-refractivity contribution in [1.29, 1.82) is 0 Å². The molecule has 0 bridgehead atoms. The van der Waals surface area contributed by atoms with E-state index in [1.807, 2.05) is 6.92 Å². The Kier molecular flexibility index (Phi) is 2.60. The first kappa shape index (κ1) is 10.6. The van der Waals surface area contributed by atoms with Gasteiger partial charge in [0, 0.05) is 18.7 Å². The minimum absolute atomic E-state index is 0.225. The maximum absolute atomic E-state index is 13.6. The molecule has 0 amide bonds. The number of nitrogens with zero attached hydrogens (tertiary/aromatic N) is 1. The number of hydrogen-bond donors (Lipinski definition) is 2. The van der Waals surface area contributed by atoms with Crippen molar-refractivity contribution in [3.05, 3.63) is 30.0 Å². The van der Waals surface area contributed by atoms with Crippen molar-refractivity contribution >= 4 is 22.3 Å². The van der Waals surface area contributed by atoms with E-state index in [1.54, 1.807) is 0 Å². The van der Waals surface area contributed by atoms with E-state index in [0.717, 1.165) is 6.07 Å². The summed E-state index contributed by atoms with van der Waals surface area (Å²) >= 11 is 0. The van der Waals surface area contributed by atoms with Crippen LogP contribution in [0.1, 0.15) is 6.92 Å². The number of benzene rings is 1. The maximum atomic E-state index is 13.6. The summed E-state index contributed by atoms with van der Waals surface area (Å²) in [4.78, 5) is 3.90. The SMILES string of the molecule is CCNc1c(N)cnc2cc(F)cc(F)c12. The van der Waals surface area contributed by atoms with Gasteiger partial charge in [-0.1, -0.05) is 0 Å². The van der Waals surface area contributed by atoms with E-state index in [2.05, 4.69) is 10.3 Å². The van der Waals surface area contributed by atoms with E-state index >= 15 is 0 Å². The highest BCUT2D eigenvalue weighted by Crippen LogP contribution is 2.30. The van der Waals surface area contributed by atoms with Gasteiger partial charge in [-0.25, -0.2) is 8.78 Å². The Morgan fingerprint density at radius 1 is 1.38 bits per heavy atom. The summed E-state index contributed by atoms with van der Waals surface area (Å²) in [5, 5.41) is 3.18. The van der Waals surface area contributed by atoms with Crippen molar-refractivity contribution < 1.29 is 8.78 Å². The van der Waals surface area contributed by atoms with Gasteiger partial charge in [0.1, 0.15) is 11.6 Å². The van der Waals surface area contributed by atoms with Crippen LogP contribution in [0.5, 0.6) is 0 Å². The second-order valence-corrected chi connectivity index (χ2v) is 3.40. The summed E-state index contributed by atoms with van der Waals surface area (Å²) in [5.41, 5.74) is 6.76. The molecule has 2 rings (SSSR count). The Bertz CT molecular complexity index is 540. The van der Waals surface area contributed by atoms with Crippen LogP contribution in [0.3, 0.4) is 0 Å². The first-order valence-corrected chi connectivity index (χ1v) is 4.90. The fourth-order valence-electron chi connectivity index (χ4n) is 1.62. The topological polar surface area (TPSA) is 50.9 Å². The summed E-state index contributed by atoms with van der Waals surface area (Å²) in [7, 11) is 0. The molecule has 1 aromatic heterocycles. The Morgan fingerprint density at radius 3 is 2.81 bits per heavy atom. The lowest BCUT2D eigenvalue weighted by Gasteiger charge is -2.11. The zero-order valence-corrected chi connectivity index (χ0v) is 8.72. The molecule has 1 aromatic carbocycles. The van der Waals surface area contributed by atoms with Gasteiger partial charge in [0.25, 0.3) is 0 Å². The molecular weight excluding hydrogens is 212 g/mol. The molecule has 0 radical (unpaired) electrons. The van der Waals surface area contributed by atoms with Gasteiger partial charge >= 0.3 is 0 Å². The van der Waals surface area contributed by atoms with Gasteiger partial charge < -0.3 is 11.1 Å². The van der Waals surface area contributed by atoms with Crippen molar-refractivity contribution in [2.24, 2.45) is 0 Å². The molecular formula is C11H11F2N3. The van der Waals surface area contributed by atoms with Gasteiger partial charge in [-0.05, 0) is 6.92 Å². The van der Waals surface area contributed by atoms with Crippen molar-refractivity contribution in [3.8, 4) is 0 Å². The highest BCUT2D eigenvalue weighted by Gasteiger charge is 2.12. The summed E-state index contributed by atoms with van der Waals surface area (Å²) in [6.07, 6.45) is 1.39. The number of nitrogen functional groups attached to an aromatic ring is 1. The predicted octanol–water partition coefficient (Wildman–Crippen LogP) is 2.53. The molecule has 0 aliphatic heterocycles. The van der Waals surface area contributed by atoms with Crippen LogP contribution < -0.4 is 11.1 Å². The van der Waals surface area contributed by atoms with Crippen LogP contribution in [0.25, 0.3) is 10.9 Å². The first-order valence-electron chi connectivity index (χ1n) is 4.90. The largest absolute Gasteiger partial charge is 0.396 e. The van der Waals surface area contributed by atoms with Crippen LogP contribution in [0.15, 0.2) is 18.3 Å². The lowest BCUT2D eigenvalue weighted by atomic mass is 10.1. The molecule has 3 nitrogen and oxygen atoms in total. The van der Waals surface area contributed by atoms with Crippen LogP contribution in [0.4, 0.5) is 20.2 Å². The van der Waals surface area contributed by atoms with Crippen molar-refractivity contribution in [1.82, 2.24) is 4.98 Å². The smallest absolute Gasteiger partial charge is 0.137 e. The number of pyridine rings is 1. The lowest BCUT2D eigenvalue weighted by Crippen LogP contribution is -2.04. The highest BCUT2D eigenvalue weighted by atomic mass is 19.1. The van der Waals surface area contributed by atoms with Gasteiger partial charge in [0.2, 0.25) is 0 Å². The van der Waals surface area contributed by atoms with E-state index < -0.39 is 11.6 Å². The number of rotatable bonds is 2. The summed E-state index contributed by atoms with van der Waals surface area (Å²) < 4.78 is 26.6. The minimum Gasteiger partial charge on any atom is -0.396 e. The van der Waals surface area contributed by atoms with Crippen molar-refractivity contribution in [2.45, 2.75) is 6.92 Å². The van der Waals surface area contributed by atoms with Crippen LogP contribution in [0.2, 0.25) is 0 Å². The summed E-state index contributed by atoms with van der Waals surface area (Å²) in [5.74, 6) is -1.31. The average Bonchev–Trinajstić information content (AvgIpc) is 2.22. The Balaban J connectivity index is 2.80. The zero-order chi connectivity index (χ0) is 11.7. The van der Waals surface area contributed by atoms with E-state index in [1.165, 1.54) is 12.3 Å². The third-order valence-electron chi connectivity index (χ3n) is 2.27. The molecule has 0 unspecified atom stereocenters. The second kappa shape index (κ2) is 3.92. The number of hydrogen-bond acceptors (Lipinski definition) is 3. The monoisotopic (exact) mass is 223 g/mol. The average molecular weight is 223 g/mol. The fraction of sp³-hybridized carbons (Fsp3) is 0.182. The molecule has 0 aliphatic carbocycles. The molecule has 0 aliphatic rings. The Hall–Kier alpha value is -1.91.